The Bertz CT molecular complexity index is 1230. The quantitative estimate of drug-likeness (QED) is 0.464. The van der Waals surface area contributed by atoms with Crippen LogP contribution in [0.15, 0.2) is 68.8 Å². The smallest absolute Gasteiger partial charge is 0.290 e. The molecule has 32 heavy (non-hydrogen) atoms. The van der Waals surface area contributed by atoms with Crippen molar-refractivity contribution >= 4 is 38.6 Å². The van der Waals surface area contributed by atoms with Gasteiger partial charge in [-0.2, -0.15) is 0 Å². The van der Waals surface area contributed by atoms with Crippen molar-refractivity contribution in [1.29, 1.82) is 0 Å². The van der Waals surface area contributed by atoms with Gasteiger partial charge in [0.2, 0.25) is 5.78 Å². The van der Waals surface area contributed by atoms with E-state index in [4.69, 9.17) is 4.42 Å². The highest BCUT2D eigenvalue weighted by Crippen LogP contribution is 2.40. The van der Waals surface area contributed by atoms with E-state index in [1.165, 1.54) is 0 Å². The second-order valence-electron chi connectivity index (χ2n) is 8.36. The van der Waals surface area contributed by atoms with Gasteiger partial charge in [0.15, 0.2) is 11.5 Å². The molecule has 2 aromatic carbocycles. The minimum Gasteiger partial charge on any atom is -0.503 e. The van der Waals surface area contributed by atoms with Crippen LogP contribution < -0.4 is 0 Å². The summed E-state index contributed by atoms with van der Waals surface area (Å²) in [5, 5.41) is 11.6. The highest BCUT2D eigenvalue weighted by Gasteiger charge is 2.44. The van der Waals surface area contributed by atoms with Crippen molar-refractivity contribution < 1.29 is 19.1 Å². The van der Waals surface area contributed by atoms with Crippen LogP contribution in [0.1, 0.15) is 34.1 Å². The van der Waals surface area contributed by atoms with E-state index < -0.39 is 23.5 Å². The number of carbonyl (C=O) groups is 2. The summed E-state index contributed by atoms with van der Waals surface area (Å²) in [6, 6.07) is 14.1. The van der Waals surface area contributed by atoms with Crippen molar-refractivity contribution in [1.82, 2.24) is 9.80 Å². The van der Waals surface area contributed by atoms with Crippen LogP contribution in [-0.4, -0.2) is 53.8 Å². The van der Waals surface area contributed by atoms with Crippen LogP contribution >= 0.6 is 15.9 Å². The fourth-order valence-electron chi connectivity index (χ4n) is 4.12. The number of carbonyl (C=O) groups excluding carboxylic acids is 2. The van der Waals surface area contributed by atoms with Crippen molar-refractivity contribution in [2.45, 2.75) is 19.4 Å². The summed E-state index contributed by atoms with van der Waals surface area (Å²) in [5.74, 6) is -1.42. The molecule has 4 rings (SSSR count). The molecule has 0 spiro atoms. The first-order chi connectivity index (χ1) is 15.3. The minimum absolute atomic E-state index is 0.0589. The number of hydrogen-bond donors (Lipinski definition) is 1. The molecular formula is C25H25BrN2O4. The number of aliphatic hydroxyl groups is 1. The molecule has 1 atom stereocenters. The summed E-state index contributed by atoms with van der Waals surface area (Å²) in [4.78, 5) is 30.2. The SMILES string of the molecule is Cc1cccc(C2C(C(=O)c3cc4cc(Br)ccc4o3)=C(O)C(=O)N2CCCN(C)C)c1. The van der Waals surface area contributed by atoms with Crippen LogP contribution in [0.25, 0.3) is 11.0 Å². The van der Waals surface area contributed by atoms with Gasteiger partial charge in [-0.1, -0.05) is 45.8 Å². The Kier molecular flexibility index (Phi) is 6.22. The van der Waals surface area contributed by atoms with Gasteiger partial charge in [-0.25, -0.2) is 0 Å². The number of halogens is 1. The van der Waals surface area contributed by atoms with E-state index in [1.54, 1.807) is 17.0 Å². The molecule has 6 nitrogen and oxygen atoms in total. The van der Waals surface area contributed by atoms with E-state index in [0.717, 1.165) is 27.5 Å². The number of nitrogens with zero attached hydrogens (tertiary/aromatic N) is 2. The standard InChI is InChI=1S/C25H25BrN2O4/c1-15-6-4-7-16(12-15)22-21(24(30)25(31)28(22)11-5-10-27(2)3)23(29)20-14-17-13-18(26)8-9-19(17)32-20/h4,6-9,12-14,22,30H,5,10-11H2,1-3H3. The summed E-state index contributed by atoms with van der Waals surface area (Å²) >= 11 is 3.42. The van der Waals surface area contributed by atoms with E-state index in [2.05, 4.69) is 15.9 Å². The Labute approximate surface area is 195 Å². The van der Waals surface area contributed by atoms with Crippen LogP contribution in [0, 0.1) is 6.92 Å². The van der Waals surface area contributed by atoms with Gasteiger partial charge in [-0.3, -0.25) is 9.59 Å². The molecule has 0 bridgehead atoms. The topological polar surface area (TPSA) is 74.0 Å². The zero-order valence-corrected chi connectivity index (χ0v) is 19.8. The fourth-order valence-corrected chi connectivity index (χ4v) is 4.50. The molecule has 2 heterocycles. The van der Waals surface area contributed by atoms with Gasteiger partial charge in [0, 0.05) is 16.4 Å². The lowest BCUT2D eigenvalue weighted by molar-refractivity contribution is -0.129. The molecule has 1 aromatic heterocycles. The number of Topliss-reactive ketones (excluding diaryl/α,β-unsaturated/α-hetero) is 1. The van der Waals surface area contributed by atoms with Gasteiger partial charge < -0.3 is 19.3 Å². The molecule has 0 fully saturated rings. The van der Waals surface area contributed by atoms with E-state index in [9.17, 15) is 14.7 Å². The van der Waals surface area contributed by atoms with Crippen molar-refractivity contribution in [3.63, 3.8) is 0 Å². The first kappa shape index (κ1) is 22.3. The van der Waals surface area contributed by atoms with Crippen molar-refractivity contribution in [2.75, 3.05) is 27.2 Å². The van der Waals surface area contributed by atoms with Crippen molar-refractivity contribution in [3.05, 3.63) is 81.2 Å². The lowest BCUT2D eigenvalue weighted by atomic mass is 9.94. The largest absolute Gasteiger partial charge is 0.503 e. The summed E-state index contributed by atoms with van der Waals surface area (Å²) in [6.07, 6.45) is 0.717. The van der Waals surface area contributed by atoms with Crippen LogP contribution in [0.3, 0.4) is 0 Å². The summed E-state index contributed by atoms with van der Waals surface area (Å²) in [7, 11) is 3.93. The molecular weight excluding hydrogens is 472 g/mol. The predicted octanol–water partition coefficient (Wildman–Crippen LogP) is 5.03. The molecule has 1 N–H and O–H groups in total. The van der Waals surface area contributed by atoms with Crippen LogP contribution in [0.5, 0.6) is 0 Å². The predicted molar refractivity (Wildman–Crippen MR) is 127 cm³/mol. The molecule has 0 aliphatic carbocycles. The highest BCUT2D eigenvalue weighted by molar-refractivity contribution is 9.10. The summed E-state index contributed by atoms with van der Waals surface area (Å²) in [5.41, 5.74) is 2.42. The van der Waals surface area contributed by atoms with E-state index in [1.807, 2.05) is 62.3 Å². The van der Waals surface area contributed by atoms with Gasteiger partial charge in [0.05, 0.1) is 11.6 Å². The molecule has 1 unspecified atom stereocenters. The number of benzene rings is 2. The first-order valence-corrected chi connectivity index (χ1v) is 11.2. The molecule has 0 saturated heterocycles. The van der Waals surface area contributed by atoms with Crippen molar-refractivity contribution in [2.24, 2.45) is 0 Å². The lowest BCUT2D eigenvalue weighted by Crippen LogP contribution is -2.33. The van der Waals surface area contributed by atoms with Gasteiger partial charge in [-0.05, 0) is 63.8 Å². The number of hydrogen-bond acceptors (Lipinski definition) is 5. The maximum Gasteiger partial charge on any atom is 0.290 e. The molecule has 7 heteroatoms. The number of furan rings is 1. The molecule has 1 aliphatic heterocycles. The average Bonchev–Trinajstić information content (AvgIpc) is 3.27. The molecule has 3 aromatic rings. The number of aryl methyl sites for hydroxylation is 1. The van der Waals surface area contributed by atoms with Crippen LogP contribution in [0.4, 0.5) is 0 Å². The second kappa shape index (κ2) is 8.92. The summed E-state index contributed by atoms with van der Waals surface area (Å²) < 4.78 is 6.65. The number of amides is 1. The summed E-state index contributed by atoms with van der Waals surface area (Å²) in [6.45, 7) is 3.16. The number of ketones is 1. The monoisotopic (exact) mass is 496 g/mol. The molecule has 1 amide bonds. The van der Waals surface area contributed by atoms with Crippen LogP contribution in [0.2, 0.25) is 0 Å². The maximum atomic E-state index is 13.5. The third kappa shape index (κ3) is 4.23. The second-order valence-corrected chi connectivity index (χ2v) is 9.27. The van der Waals surface area contributed by atoms with E-state index >= 15 is 0 Å². The fraction of sp³-hybridized carbons (Fsp3) is 0.280. The minimum atomic E-state index is -0.669. The number of rotatable bonds is 7. The maximum absolute atomic E-state index is 13.5. The Morgan fingerprint density at radius 2 is 1.97 bits per heavy atom. The Morgan fingerprint density at radius 1 is 1.19 bits per heavy atom. The molecule has 1 aliphatic rings. The number of aliphatic hydroxyl groups excluding tert-OH is 1. The van der Waals surface area contributed by atoms with Gasteiger partial charge in [0.1, 0.15) is 5.58 Å². The zero-order valence-electron chi connectivity index (χ0n) is 18.3. The third-order valence-corrected chi connectivity index (χ3v) is 6.11. The van der Waals surface area contributed by atoms with Gasteiger partial charge in [-0.15, -0.1) is 0 Å². The van der Waals surface area contributed by atoms with E-state index in [0.29, 0.717) is 18.5 Å². The first-order valence-electron chi connectivity index (χ1n) is 10.5. The highest BCUT2D eigenvalue weighted by atomic mass is 79.9. The van der Waals surface area contributed by atoms with E-state index in [-0.39, 0.29) is 11.3 Å². The Balaban J connectivity index is 1.76. The van der Waals surface area contributed by atoms with Gasteiger partial charge in [0.25, 0.3) is 5.91 Å². The van der Waals surface area contributed by atoms with Crippen LogP contribution in [-0.2, 0) is 4.79 Å². The van der Waals surface area contributed by atoms with Gasteiger partial charge >= 0.3 is 0 Å². The zero-order chi connectivity index (χ0) is 23.0. The Hall–Kier alpha value is -2.90. The number of fused-ring (bicyclic) bond motifs is 1. The molecule has 0 radical (unpaired) electrons. The lowest BCUT2D eigenvalue weighted by Gasteiger charge is -2.27. The Morgan fingerprint density at radius 3 is 2.69 bits per heavy atom. The normalized spacial score (nSPS) is 16.6. The molecule has 0 saturated carbocycles. The average molecular weight is 497 g/mol. The molecule has 166 valence electrons. The van der Waals surface area contributed by atoms with Crippen molar-refractivity contribution in [3.8, 4) is 0 Å². The third-order valence-electron chi connectivity index (χ3n) is 5.61.